The number of piperidine rings is 1. The molecule has 0 saturated carbocycles. The molecule has 1 aromatic heterocycles. The van der Waals surface area contributed by atoms with E-state index in [-0.39, 0.29) is 11.9 Å². The SMILES string of the molecule is CN(C(=O)c1ccc(COc2ccccc2)cc1)C1CCN(CCc2ccccn2)CC1. The van der Waals surface area contributed by atoms with E-state index in [1.54, 1.807) is 0 Å². The minimum absolute atomic E-state index is 0.0902. The Bertz CT molecular complexity index is 969. The number of carbonyl (C=O) groups excluding carboxylic acids is 1. The van der Waals surface area contributed by atoms with Crippen molar-refractivity contribution in [2.45, 2.75) is 31.9 Å². The molecule has 5 heteroatoms. The molecule has 0 unspecified atom stereocenters. The van der Waals surface area contributed by atoms with Gasteiger partial charge in [0.05, 0.1) is 0 Å². The molecule has 3 aromatic rings. The molecule has 0 N–H and O–H groups in total. The monoisotopic (exact) mass is 429 g/mol. The zero-order chi connectivity index (χ0) is 22.2. The fourth-order valence-corrected chi connectivity index (χ4v) is 4.15. The second-order valence-electron chi connectivity index (χ2n) is 8.36. The molecule has 1 saturated heterocycles. The summed E-state index contributed by atoms with van der Waals surface area (Å²) >= 11 is 0. The highest BCUT2D eigenvalue weighted by atomic mass is 16.5. The van der Waals surface area contributed by atoms with E-state index in [0.717, 1.165) is 61.5 Å². The average molecular weight is 430 g/mol. The molecule has 0 spiro atoms. The van der Waals surface area contributed by atoms with Gasteiger partial charge in [-0.2, -0.15) is 0 Å². The number of nitrogens with zero attached hydrogens (tertiary/aromatic N) is 3. The Labute approximate surface area is 190 Å². The van der Waals surface area contributed by atoms with Crippen LogP contribution >= 0.6 is 0 Å². The van der Waals surface area contributed by atoms with Crippen molar-refractivity contribution in [1.82, 2.24) is 14.8 Å². The molecule has 0 aliphatic carbocycles. The maximum Gasteiger partial charge on any atom is 0.253 e. The Morgan fingerprint density at radius 3 is 2.41 bits per heavy atom. The first kappa shape index (κ1) is 22.0. The van der Waals surface area contributed by atoms with Gasteiger partial charge in [0, 0.05) is 56.6 Å². The molecule has 0 radical (unpaired) electrons. The summed E-state index contributed by atoms with van der Waals surface area (Å²) in [5.74, 6) is 0.936. The van der Waals surface area contributed by atoms with Gasteiger partial charge < -0.3 is 14.5 Å². The first-order valence-electron chi connectivity index (χ1n) is 11.4. The second-order valence-corrected chi connectivity index (χ2v) is 8.36. The van der Waals surface area contributed by atoms with Gasteiger partial charge in [0.25, 0.3) is 5.91 Å². The Balaban J connectivity index is 1.23. The third kappa shape index (κ3) is 5.95. The molecule has 5 nitrogen and oxygen atoms in total. The summed E-state index contributed by atoms with van der Waals surface area (Å²) in [7, 11) is 1.93. The number of carbonyl (C=O) groups is 1. The number of ether oxygens (including phenoxy) is 1. The quantitative estimate of drug-likeness (QED) is 0.531. The summed E-state index contributed by atoms with van der Waals surface area (Å²) in [6.07, 6.45) is 4.84. The van der Waals surface area contributed by atoms with E-state index in [1.807, 2.05) is 84.9 Å². The van der Waals surface area contributed by atoms with Gasteiger partial charge in [0.2, 0.25) is 0 Å². The van der Waals surface area contributed by atoms with Crippen molar-refractivity contribution in [3.05, 3.63) is 95.8 Å². The Morgan fingerprint density at radius 1 is 1.00 bits per heavy atom. The van der Waals surface area contributed by atoms with Crippen LogP contribution in [0.4, 0.5) is 0 Å². The molecule has 2 heterocycles. The van der Waals surface area contributed by atoms with Crippen LogP contribution in [0.2, 0.25) is 0 Å². The number of aromatic nitrogens is 1. The lowest BCUT2D eigenvalue weighted by Gasteiger charge is -2.36. The molecule has 2 aromatic carbocycles. The lowest BCUT2D eigenvalue weighted by Crippen LogP contribution is -2.46. The minimum atomic E-state index is 0.0902. The largest absolute Gasteiger partial charge is 0.489 e. The predicted octanol–water partition coefficient (Wildman–Crippen LogP) is 4.44. The lowest BCUT2D eigenvalue weighted by molar-refractivity contribution is 0.0643. The van der Waals surface area contributed by atoms with Crippen LogP contribution in [0.3, 0.4) is 0 Å². The number of hydrogen-bond donors (Lipinski definition) is 0. The van der Waals surface area contributed by atoms with Crippen LogP contribution in [-0.2, 0) is 13.0 Å². The van der Waals surface area contributed by atoms with E-state index < -0.39 is 0 Å². The molecule has 1 aliphatic heterocycles. The summed E-state index contributed by atoms with van der Waals surface area (Å²) in [6, 6.07) is 23.9. The van der Waals surface area contributed by atoms with Crippen molar-refractivity contribution in [2.24, 2.45) is 0 Å². The number of likely N-dealkylation sites (tertiary alicyclic amines) is 1. The van der Waals surface area contributed by atoms with Crippen LogP contribution in [0.15, 0.2) is 79.0 Å². The van der Waals surface area contributed by atoms with Crippen molar-refractivity contribution in [2.75, 3.05) is 26.7 Å². The molecule has 1 aliphatic rings. The smallest absolute Gasteiger partial charge is 0.253 e. The van der Waals surface area contributed by atoms with Gasteiger partial charge in [-0.1, -0.05) is 36.4 Å². The molecular formula is C27H31N3O2. The van der Waals surface area contributed by atoms with Crippen LogP contribution in [-0.4, -0.2) is 53.4 Å². The van der Waals surface area contributed by atoms with E-state index in [9.17, 15) is 4.79 Å². The molecule has 32 heavy (non-hydrogen) atoms. The highest BCUT2D eigenvalue weighted by Gasteiger charge is 2.25. The van der Waals surface area contributed by atoms with Gasteiger partial charge in [-0.3, -0.25) is 9.78 Å². The van der Waals surface area contributed by atoms with E-state index in [2.05, 4.69) is 16.0 Å². The van der Waals surface area contributed by atoms with Gasteiger partial charge in [0.1, 0.15) is 12.4 Å². The zero-order valence-electron chi connectivity index (χ0n) is 18.7. The second kappa shape index (κ2) is 10.9. The lowest BCUT2D eigenvalue weighted by atomic mass is 10.0. The van der Waals surface area contributed by atoms with Gasteiger partial charge in [-0.15, -0.1) is 0 Å². The minimum Gasteiger partial charge on any atom is -0.489 e. The van der Waals surface area contributed by atoms with Gasteiger partial charge in [-0.25, -0.2) is 0 Å². The van der Waals surface area contributed by atoms with Crippen molar-refractivity contribution in [3.8, 4) is 5.75 Å². The summed E-state index contributed by atoms with van der Waals surface area (Å²) in [6.45, 7) is 3.55. The van der Waals surface area contributed by atoms with E-state index >= 15 is 0 Å². The van der Waals surface area contributed by atoms with Gasteiger partial charge in [0.15, 0.2) is 0 Å². The number of pyridine rings is 1. The molecule has 4 rings (SSSR count). The molecule has 0 atom stereocenters. The third-order valence-electron chi connectivity index (χ3n) is 6.19. The first-order chi connectivity index (χ1) is 15.7. The molecule has 1 fully saturated rings. The molecule has 0 bridgehead atoms. The summed E-state index contributed by atoms with van der Waals surface area (Å²) < 4.78 is 5.79. The predicted molar refractivity (Wildman–Crippen MR) is 127 cm³/mol. The normalized spacial score (nSPS) is 14.8. The van der Waals surface area contributed by atoms with Crippen molar-refractivity contribution >= 4 is 5.91 Å². The van der Waals surface area contributed by atoms with E-state index in [0.29, 0.717) is 6.61 Å². The summed E-state index contributed by atoms with van der Waals surface area (Å²) in [5.41, 5.74) is 2.92. The number of hydrogen-bond acceptors (Lipinski definition) is 4. The highest BCUT2D eigenvalue weighted by molar-refractivity contribution is 5.94. The third-order valence-corrected chi connectivity index (χ3v) is 6.19. The number of amides is 1. The molecule has 166 valence electrons. The van der Waals surface area contributed by atoms with Crippen LogP contribution in [0.25, 0.3) is 0 Å². The van der Waals surface area contributed by atoms with Crippen LogP contribution in [0.1, 0.15) is 34.5 Å². The van der Waals surface area contributed by atoms with Gasteiger partial charge in [-0.05, 0) is 54.8 Å². The maximum absolute atomic E-state index is 13.0. The van der Waals surface area contributed by atoms with Crippen molar-refractivity contribution in [3.63, 3.8) is 0 Å². The Morgan fingerprint density at radius 2 is 1.72 bits per heavy atom. The zero-order valence-corrected chi connectivity index (χ0v) is 18.7. The van der Waals surface area contributed by atoms with Crippen LogP contribution in [0.5, 0.6) is 5.75 Å². The number of rotatable bonds is 8. The maximum atomic E-state index is 13.0. The van der Waals surface area contributed by atoms with E-state index in [1.165, 1.54) is 0 Å². The molecule has 1 amide bonds. The fraction of sp³-hybridized carbons (Fsp3) is 0.333. The van der Waals surface area contributed by atoms with Crippen molar-refractivity contribution in [1.29, 1.82) is 0 Å². The summed E-state index contributed by atoms with van der Waals surface area (Å²) in [4.78, 5) is 21.8. The molecular weight excluding hydrogens is 398 g/mol. The summed E-state index contributed by atoms with van der Waals surface area (Å²) in [5, 5.41) is 0. The number of para-hydroxylation sites is 1. The van der Waals surface area contributed by atoms with Crippen molar-refractivity contribution < 1.29 is 9.53 Å². The number of benzene rings is 2. The standard InChI is InChI=1S/C27H31N3O2/c1-29(25-15-19-30(20-16-25)18-14-24-7-5-6-17-28-24)27(31)23-12-10-22(11-13-23)21-32-26-8-3-2-4-9-26/h2-13,17,25H,14-16,18-21H2,1H3. The van der Waals surface area contributed by atoms with Crippen LogP contribution < -0.4 is 4.74 Å². The van der Waals surface area contributed by atoms with E-state index in [4.69, 9.17) is 4.74 Å². The Kier molecular flexibility index (Phi) is 7.51. The topological polar surface area (TPSA) is 45.7 Å². The average Bonchev–Trinajstić information content (AvgIpc) is 2.87. The first-order valence-corrected chi connectivity index (χ1v) is 11.4. The highest BCUT2D eigenvalue weighted by Crippen LogP contribution is 2.19. The Hall–Kier alpha value is -3.18. The van der Waals surface area contributed by atoms with Crippen LogP contribution in [0, 0.1) is 0 Å². The van der Waals surface area contributed by atoms with Gasteiger partial charge >= 0.3 is 0 Å². The fourth-order valence-electron chi connectivity index (χ4n) is 4.15.